The van der Waals surface area contributed by atoms with E-state index in [-0.39, 0.29) is 16.7 Å². The summed E-state index contributed by atoms with van der Waals surface area (Å²) in [5.74, 6) is 0.980. The predicted octanol–water partition coefficient (Wildman–Crippen LogP) is 3.37. The Morgan fingerprint density at radius 2 is 2.12 bits per heavy atom. The third-order valence-corrected chi connectivity index (χ3v) is 4.66. The molecule has 0 unspecified atom stereocenters. The second-order valence-electron chi connectivity index (χ2n) is 6.18. The Bertz CT molecular complexity index is 848. The van der Waals surface area contributed by atoms with Crippen LogP contribution in [0.25, 0.3) is 10.9 Å². The first-order valence-electron chi connectivity index (χ1n) is 8.07. The zero-order valence-electron chi connectivity index (χ0n) is 13.2. The Labute approximate surface area is 138 Å². The lowest BCUT2D eigenvalue weighted by Gasteiger charge is -2.31. The minimum Gasteiger partial charge on any atom is -0.468 e. The van der Waals surface area contributed by atoms with E-state index < -0.39 is 0 Å². The zero-order valence-corrected chi connectivity index (χ0v) is 13.2. The fourth-order valence-electron chi connectivity index (χ4n) is 3.38. The van der Waals surface area contributed by atoms with Gasteiger partial charge in [-0.15, -0.1) is 0 Å². The molecule has 1 saturated heterocycles. The van der Waals surface area contributed by atoms with Crippen LogP contribution in [0.4, 0.5) is 5.69 Å². The third-order valence-electron chi connectivity index (χ3n) is 4.66. The van der Waals surface area contributed by atoms with E-state index in [1.54, 1.807) is 24.6 Å². The molecular weight excluding hydrogens is 308 g/mol. The van der Waals surface area contributed by atoms with Gasteiger partial charge in [0.15, 0.2) is 0 Å². The summed E-state index contributed by atoms with van der Waals surface area (Å²) in [6, 6.07) is 9.09. The van der Waals surface area contributed by atoms with Crippen molar-refractivity contribution in [3.05, 3.63) is 58.7 Å². The number of fused-ring (bicyclic) bond motifs is 1. The number of likely N-dealkylation sites (tertiary alicyclic amines) is 1. The number of aromatic nitrogens is 2. The summed E-state index contributed by atoms with van der Waals surface area (Å²) in [5.41, 5.74) is 0.952. The molecule has 7 heteroatoms. The average Bonchev–Trinajstić information content (AvgIpc) is 3.24. The molecule has 0 atom stereocenters. The van der Waals surface area contributed by atoms with Gasteiger partial charge in [-0.2, -0.15) is 5.10 Å². The molecule has 0 aliphatic carbocycles. The molecule has 4 rings (SSSR count). The highest BCUT2D eigenvalue weighted by Crippen LogP contribution is 2.28. The van der Waals surface area contributed by atoms with Crippen LogP contribution in [-0.2, 0) is 6.54 Å². The van der Waals surface area contributed by atoms with E-state index in [0.717, 1.165) is 49.1 Å². The lowest BCUT2D eigenvalue weighted by Crippen LogP contribution is -2.34. The number of rotatable bonds is 4. The summed E-state index contributed by atoms with van der Waals surface area (Å²) < 4.78 is 7.36. The van der Waals surface area contributed by atoms with Crippen LogP contribution in [0.5, 0.6) is 0 Å². The Hall–Kier alpha value is -2.67. The van der Waals surface area contributed by atoms with E-state index in [4.69, 9.17) is 4.42 Å². The second kappa shape index (κ2) is 6.09. The fraction of sp³-hybridized carbons (Fsp3) is 0.353. The van der Waals surface area contributed by atoms with Gasteiger partial charge < -0.3 is 4.42 Å². The number of hydrogen-bond donors (Lipinski definition) is 0. The summed E-state index contributed by atoms with van der Waals surface area (Å²) in [6.45, 7) is 2.74. The highest BCUT2D eigenvalue weighted by atomic mass is 16.6. The van der Waals surface area contributed by atoms with Gasteiger partial charge in [0.25, 0.3) is 5.69 Å². The van der Waals surface area contributed by atoms with Crippen LogP contribution in [-0.4, -0.2) is 32.7 Å². The maximum Gasteiger partial charge on any atom is 0.271 e. The molecule has 7 nitrogen and oxygen atoms in total. The largest absolute Gasteiger partial charge is 0.468 e. The molecule has 2 aromatic heterocycles. The van der Waals surface area contributed by atoms with Gasteiger partial charge in [-0.1, -0.05) is 0 Å². The van der Waals surface area contributed by atoms with Crippen molar-refractivity contribution in [2.24, 2.45) is 0 Å². The van der Waals surface area contributed by atoms with Crippen molar-refractivity contribution in [1.82, 2.24) is 14.7 Å². The monoisotopic (exact) mass is 326 g/mol. The number of non-ortho nitro benzene ring substituents is 1. The Morgan fingerprint density at radius 3 is 2.83 bits per heavy atom. The molecule has 0 bridgehead atoms. The number of benzene rings is 1. The van der Waals surface area contributed by atoms with Gasteiger partial charge in [-0.25, -0.2) is 0 Å². The first-order valence-corrected chi connectivity index (χ1v) is 8.07. The standard InChI is InChI=1S/C17H18N4O3/c22-21(23)15-4-3-13-11-18-20(17(13)10-15)14-5-7-19(8-6-14)12-16-2-1-9-24-16/h1-4,9-11,14H,5-8,12H2. The van der Waals surface area contributed by atoms with Crippen LogP contribution in [0.1, 0.15) is 24.6 Å². The molecule has 3 aromatic rings. The van der Waals surface area contributed by atoms with E-state index in [0.29, 0.717) is 0 Å². The van der Waals surface area contributed by atoms with Crippen LogP contribution in [0.3, 0.4) is 0 Å². The topological polar surface area (TPSA) is 77.3 Å². The first-order chi connectivity index (χ1) is 11.7. The van der Waals surface area contributed by atoms with Crippen molar-refractivity contribution in [3.8, 4) is 0 Å². The first kappa shape index (κ1) is 14.9. The third kappa shape index (κ3) is 2.78. The number of nitro groups is 1. The molecule has 1 fully saturated rings. The van der Waals surface area contributed by atoms with E-state index in [2.05, 4.69) is 10.00 Å². The molecule has 0 spiro atoms. The number of piperidine rings is 1. The van der Waals surface area contributed by atoms with Crippen LogP contribution in [0.15, 0.2) is 47.2 Å². The van der Waals surface area contributed by atoms with E-state index in [1.807, 2.05) is 16.8 Å². The molecule has 0 saturated carbocycles. The normalized spacial score (nSPS) is 16.7. The minimum atomic E-state index is -0.358. The lowest BCUT2D eigenvalue weighted by molar-refractivity contribution is -0.384. The number of furan rings is 1. The fourth-order valence-corrected chi connectivity index (χ4v) is 3.38. The quantitative estimate of drug-likeness (QED) is 0.542. The smallest absolute Gasteiger partial charge is 0.271 e. The molecule has 24 heavy (non-hydrogen) atoms. The summed E-state index contributed by atoms with van der Waals surface area (Å²) >= 11 is 0. The van der Waals surface area contributed by atoms with Crippen molar-refractivity contribution >= 4 is 16.6 Å². The second-order valence-corrected chi connectivity index (χ2v) is 6.18. The van der Waals surface area contributed by atoms with Gasteiger partial charge in [0.2, 0.25) is 0 Å². The predicted molar refractivity (Wildman–Crippen MR) is 88.6 cm³/mol. The van der Waals surface area contributed by atoms with Crippen molar-refractivity contribution < 1.29 is 9.34 Å². The maximum atomic E-state index is 11.0. The van der Waals surface area contributed by atoms with Gasteiger partial charge in [0.05, 0.1) is 35.5 Å². The van der Waals surface area contributed by atoms with Gasteiger partial charge in [-0.05, 0) is 31.0 Å². The summed E-state index contributed by atoms with van der Waals surface area (Å²) in [4.78, 5) is 13.0. The van der Waals surface area contributed by atoms with Crippen LogP contribution < -0.4 is 0 Å². The highest BCUT2D eigenvalue weighted by molar-refractivity contribution is 5.81. The molecule has 0 amide bonds. The maximum absolute atomic E-state index is 11.0. The molecule has 124 valence electrons. The number of nitro benzene ring substituents is 1. The minimum absolute atomic E-state index is 0.111. The van der Waals surface area contributed by atoms with Crippen LogP contribution in [0, 0.1) is 10.1 Å². The summed E-state index contributed by atoms with van der Waals surface area (Å²) in [6.07, 6.45) is 5.43. The highest BCUT2D eigenvalue weighted by Gasteiger charge is 2.23. The van der Waals surface area contributed by atoms with Gasteiger partial charge >= 0.3 is 0 Å². The Morgan fingerprint density at radius 1 is 1.29 bits per heavy atom. The van der Waals surface area contributed by atoms with Gasteiger partial charge in [-0.3, -0.25) is 19.7 Å². The Kier molecular flexibility index (Phi) is 3.78. The number of nitrogens with zero attached hydrogens (tertiary/aromatic N) is 4. The summed E-state index contributed by atoms with van der Waals surface area (Å²) in [5, 5.41) is 16.4. The summed E-state index contributed by atoms with van der Waals surface area (Å²) in [7, 11) is 0. The molecule has 1 aliphatic heterocycles. The lowest BCUT2D eigenvalue weighted by atomic mass is 10.0. The van der Waals surface area contributed by atoms with Crippen molar-refractivity contribution in [1.29, 1.82) is 0 Å². The van der Waals surface area contributed by atoms with Gasteiger partial charge in [0.1, 0.15) is 5.76 Å². The SMILES string of the molecule is O=[N+]([O-])c1ccc2cnn(C3CCN(Cc4ccco4)CC3)c2c1. The molecule has 0 N–H and O–H groups in total. The molecular formula is C17H18N4O3. The molecule has 1 aromatic carbocycles. The molecule has 0 radical (unpaired) electrons. The van der Waals surface area contributed by atoms with Crippen molar-refractivity contribution in [2.45, 2.75) is 25.4 Å². The van der Waals surface area contributed by atoms with Crippen molar-refractivity contribution in [2.75, 3.05) is 13.1 Å². The number of hydrogen-bond acceptors (Lipinski definition) is 5. The Balaban J connectivity index is 1.50. The van der Waals surface area contributed by atoms with E-state index >= 15 is 0 Å². The van der Waals surface area contributed by atoms with Gasteiger partial charge in [0, 0.05) is 30.6 Å². The van der Waals surface area contributed by atoms with E-state index in [9.17, 15) is 10.1 Å². The molecule has 1 aliphatic rings. The van der Waals surface area contributed by atoms with E-state index in [1.165, 1.54) is 6.07 Å². The van der Waals surface area contributed by atoms with Crippen LogP contribution in [0.2, 0.25) is 0 Å². The van der Waals surface area contributed by atoms with Crippen molar-refractivity contribution in [3.63, 3.8) is 0 Å². The average molecular weight is 326 g/mol. The van der Waals surface area contributed by atoms with Crippen LogP contribution >= 0.6 is 0 Å². The molecule has 3 heterocycles. The zero-order chi connectivity index (χ0) is 16.5.